The first-order valence-electron chi connectivity index (χ1n) is 5.77. The maximum atomic E-state index is 11.8. The molecule has 0 aliphatic heterocycles. The van der Waals surface area contributed by atoms with Gasteiger partial charge in [-0.3, -0.25) is 4.79 Å². The molecule has 0 bridgehead atoms. The summed E-state index contributed by atoms with van der Waals surface area (Å²) in [5.74, 6) is -0.702. The van der Waals surface area contributed by atoms with Gasteiger partial charge in [0.1, 0.15) is 11.5 Å². The Morgan fingerprint density at radius 2 is 2.00 bits per heavy atom. The van der Waals surface area contributed by atoms with Gasteiger partial charge >= 0.3 is 0 Å². The Hall–Kier alpha value is -1.75. The van der Waals surface area contributed by atoms with E-state index in [2.05, 4.69) is 5.32 Å². The monoisotopic (exact) mass is 253 g/mol. The Morgan fingerprint density at radius 3 is 2.61 bits per heavy atom. The summed E-state index contributed by atoms with van der Waals surface area (Å²) in [6.07, 6.45) is 0.569. The summed E-state index contributed by atoms with van der Waals surface area (Å²) in [6.45, 7) is 4.28. The van der Waals surface area contributed by atoms with E-state index >= 15 is 0 Å². The molecule has 0 spiro atoms. The number of hydrogen-bond acceptors (Lipinski definition) is 4. The molecule has 100 valence electrons. The predicted molar refractivity (Wildman–Crippen MR) is 67.6 cm³/mol. The van der Waals surface area contributed by atoms with Gasteiger partial charge in [0.2, 0.25) is 0 Å². The number of nitrogens with one attached hydrogen (secondary N) is 1. The average Bonchev–Trinajstić information content (AvgIpc) is 2.29. The first kappa shape index (κ1) is 14.3. The number of hydrogen-bond donors (Lipinski definition) is 4. The van der Waals surface area contributed by atoms with E-state index in [9.17, 15) is 15.0 Å². The van der Waals surface area contributed by atoms with E-state index in [-0.39, 0.29) is 29.1 Å². The van der Waals surface area contributed by atoms with Gasteiger partial charge in [0.15, 0.2) is 0 Å². The molecule has 0 aliphatic carbocycles. The summed E-state index contributed by atoms with van der Waals surface area (Å²) in [4.78, 5) is 11.8. The maximum Gasteiger partial charge on any atom is 0.255 e. The van der Waals surface area contributed by atoms with Gasteiger partial charge in [-0.1, -0.05) is 13.8 Å². The highest BCUT2D eigenvalue weighted by Gasteiger charge is 2.19. The molecule has 0 fully saturated rings. The van der Waals surface area contributed by atoms with Crippen LogP contribution in [0.25, 0.3) is 0 Å². The Bertz CT molecular complexity index is 429. The fraction of sp³-hybridized carbons (Fsp3) is 0.462. The van der Waals surface area contributed by atoms with Crippen molar-refractivity contribution in [3.8, 4) is 11.5 Å². The number of carbonyl (C=O) groups excluding carboxylic acids is 1. The molecule has 0 aromatic heterocycles. The molecule has 5 heteroatoms. The lowest BCUT2D eigenvalue weighted by atomic mass is 9.89. The van der Waals surface area contributed by atoms with E-state index in [1.807, 2.05) is 13.8 Å². The lowest BCUT2D eigenvalue weighted by Crippen LogP contribution is -2.34. The second kappa shape index (κ2) is 5.73. The molecule has 0 radical (unpaired) electrons. The van der Waals surface area contributed by atoms with E-state index in [1.165, 1.54) is 18.2 Å². The zero-order valence-corrected chi connectivity index (χ0v) is 10.6. The quantitative estimate of drug-likeness (QED) is 0.594. The smallest absolute Gasteiger partial charge is 0.255 e. The van der Waals surface area contributed by atoms with Crippen LogP contribution >= 0.6 is 0 Å². The summed E-state index contributed by atoms with van der Waals surface area (Å²) < 4.78 is 0. The summed E-state index contributed by atoms with van der Waals surface area (Å²) in [5.41, 5.74) is -0.188. The van der Waals surface area contributed by atoms with Crippen molar-refractivity contribution in [2.75, 3.05) is 13.2 Å². The van der Waals surface area contributed by atoms with E-state index in [1.54, 1.807) is 0 Å². The van der Waals surface area contributed by atoms with Crippen molar-refractivity contribution < 1.29 is 20.1 Å². The highest BCUT2D eigenvalue weighted by molar-refractivity contribution is 5.97. The number of amides is 1. The number of carbonyl (C=O) groups is 1. The third kappa shape index (κ3) is 3.92. The van der Waals surface area contributed by atoms with Crippen LogP contribution in [-0.2, 0) is 0 Å². The lowest BCUT2D eigenvalue weighted by Gasteiger charge is -2.23. The Morgan fingerprint density at radius 1 is 1.33 bits per heavy atom. The number of benzene rings is 1. The van der Waals surface area contributed by atoms with Gasteiger partial charge in [0, 0.05) is 13.2 Å². The van der Waals surface area contributed by atoms with E-state index in [0.717, 1.165) is 0 Å². The second-order valence-electron chi connectivity index (χ2n) is 5.02. The average molecular weight is 253 g/mol. The normalized spacial score (nSPS) is 11.3. The maximum absolute atomic E-state index is 11.8. The van der Waals surface area contributed by atoms with Gasteiger partial charge in [-0.05, 0) is 30.0 Å². The fourth-order valence-corrected chi connectivity index (χ4v) is 1.51. The van der Waals surface area contributed by atoms with E-state index < -0.39 is 5.91 Å². The molecule has 0 unspecified atom stereocenters. The van der Waals surface area contributed by atoms with Crippen LogP contribution in [0, 0.1) is 5.41 Å². The van der Waals surface area contributed by atoms with Crippen molar-refractivity contribution in [2.24, 2.45) is 5.41 Å². The van der Waals surface area contributed by atoms with Crippen LogP contribution in [0.4, 0.5) is 0 Å². The molecule has 0 saturated carbocycles. The molecule has 18 heavy (non-hydrogen) atoms. The molecule has 0 aliphatic rings. The second-order valence-corrected chi connectivity index (χ2v) is 5.02. The SMILES string of the molecule is CC(C)(CCO)CNC(=O)c1cc(O)ccc1O. The molecule has 0 saturated heterocycles. The third-order valence-electron chi connectivity index (χ3n) is 2.74. The number of phenols is 2. The van der Waals surface area contributed by atoms with Gasteiger partial charge in [-0.25, -0.2) is 0 Å². The van der Waals surface area contributed by atoms with Crippen LogP contribution in [0.5, 0.6) is 11.5 Å². The van der Waals surface area contributed by atoms with Crippen molar-refractivity contribution >= 4 is 5.91 Å². The molecule has 0 heterocycles. The minimum Gasteiger partial charge on any atom is -0.508 e. The molecule has 1 rings (SSSR count). The van der Waals surface area contributed by atoms with Crippen molar-refractivity contribution in [1.82, 2.24) is 5.32 Å². The molecule has 0 atom stereocenters. The Labute approximate surface area is 106 Å². The van der Waals surface area contributed by atoms with Gasteiger partial charge in [0.25, 0.3) is 5.91 Å². The van der Waals surface area contributed by atoms with Crippen molar-refractivity contribution in [3.63, 3.8) is 0 Å². The minimum atomic E-state index is -0.450. The summed E-state index contributed by atoms with van der Waals surface area (Å²) in [7, 11) is 0. The first-order valence-corrected chi connectivity index (χ1v) is 5.77. The van der Waals surface area contributed by atoms with Crippen molar-refractivity contribution in [1.29, 1.82) is 0 Å². The van der Waals surface area contributed by atoms with Gasteiger partial charge in [-0.2, -0.15) is 0 Å². The predicted octanol–water partition coefficient (Wildman–Crippen LogP) is 1.24. The summed E-state index contributed by atoms with van der Waals surface area (Å²) >= 11 is 0. The highest BCUT2D eigenvalue weighted by Crippen LogP contribution is 2.23. The van der Waals surface area contributed by atoms with Gasteiger partial charge in [0.05, 0.1) is 5.56 Å². The van der Waals surface area contributed by atoms with Gasteiger partial charge < -0.3 is 20.6 Å². The van der Waals surface area contributed by atoms with Gasteiger partial charge in [-0.15, -0.1) is 0 Å². The van der Waals surface area contributed by atoms with E-state index in [4.69, 9.17) is 5.11 Å². The Kier molecular flexibility index (Phi) is 4.55. The number of aliphatic hydroxyl groups excluding tert-OH is 1. The molecule has 1 amide bonds. The van der Waals surface area contributed by atoms with Crippen LogP contribution < -0.4 is 5.32 Å². The molecule has 1 aromatic rings. The van der Waals surface area contributed by atoms with Crippen LogP contribution in [0.15, 0.2) is 18.2 Å². The zero-order chi connectivity index (χ0) is 13.8. The largest absolute Gasteiger partial charge is 0.508 e. The number of aromatic hydroxyl groups is 2. The van der Waals surface area contributed by atoms with Crippen LogP contribution in [0.3, 0.4) is 0 Å². The molecule has 4 N–H and O–H groups in total. The van der Waals surface area contributed by atoms with Crippen LogP contribution in [0.2, 0.25) is 0 Å². The van der Waals surface area contributed by atoms with Crippen LogP contribution in [0.1, 0.15) is 30.6 Å². The topological polar surface area (TPSA) is 89.8 Å². The summed E-state index contributed by atoms with van der Waals surface area (Å²) in [5, 5.41) is 30.4. The summed E-state index contributed by atoms with van der Waals surface area (Å²) in [6, 6.07) is 3.79. The number of aliphatic hydroxyl groups is 1. The number of rotatable bonds is 5. The van der Waals surface area contributed by atoms with E-state index in [0.29, 0.717) is 13.0 Å². The zero-order valence-electron chi connectivity index (χ0n) is 10.6. The Balaban J connectivity index is 2.69. The number of phenolic OH excluding ortho intramolecular Hbond substituents is 2. The fourth-order valence-electron chi connectivity index (χ4n) is 1.51. The molecular weight excluding hydrogens is 234 g/mol. The first-order chi connectivity index (χ1) is 8.35. The minimum absolute atomic E-state index is 0.0369. The molecular formula is C13H19NO4. The third-order valence-corrected chi connectivity index (χ3v) is 2.74. The van der Waals surface area contributed by atoms with Crippen molar-refractivity contribution in [3.05, 3.63) is 23.8 Å². The lowest BCUT2D eigenvalue weighted by molar-refractivity contribution is 0.0925. The standard InChI is InChI=1S/C13H19NO4/c1-13(2,5-6-15)8-14-12(18)10-7-9(16)3-4-11(10)17/h3-4,7,15-17H,5-6,8H2,1-2H3,(H,14,18). The van der Waals surface area contributed by atoms with Crippen molar-refractivity contribution in [2.45, 2.75) is 20.3 Å². The van der Waals surface area contributed by atoms with Crippen LogP contribution in [-0.4, -0.2) is 34.4 Å². The highest BCUT2D eigenvalue weighted by atomic mass is 16.3. The molecule has 5 nitrogen and oxygen atoms in total. The molecule has 1 aromatic carbocycles.